The molecule has 0 radical (unpaired) electrons. The molecule has 0 aromatic carbocycles. The van der Waals surface area contributed by atoms with Gasteiger partial charge in [-0.1, -0.05) is 33.6 Å². The number of hydrogen-bond acceptors (Lipinski definition) is 2. The van der Waals surface area contributed by atoms with Crippen molar-refractivity contribution in [3.8, 4) is 0 Å². The fraction of sp³-hybridized carbons (Fsp3) is 0.867. The van der Waals surface area contributed by atoms with Crippen LogP contribution in [0, 0.1) is 11.8 Å². The highest BCUT2D eigenvalue weighted by atomic mass is 16.4. The summed E-state index contributed by atoms with van der Waals surface area (Å²) in [5.74, 6) is 0.0764. The van der Waals surface area contributed by atoms with Crippen molar-refractivity contribution in [1.82, 2.24) is 10.2 Å². The number of carboxylic acids is 1. The molecule has 1 fully saturated rings. The topological polar surface area (TPSA) is 69.6 Å². The first-order chi connectivity index (χ1) is 9.38. The largest absolute Gasteiger partial charge is 0.480 e. The van der Waals surface area contributed by atoms with Gasteiger partial charge in [0.1, 0.15) is 6.04 Å². The van der Waals surface area contributed by atoms with E-state index in [4.69, 9.17) is 5.11 Å². The zero-order valence-corrected chi connectivity index (χ0v) is 13.1. The summed E-state index contributed by atoms with van der Waals surface area (Å²) in [6.45, 7) is 6.15. The highest BCUT2D eigenvalue weighted by molar-refractivity contribution is 5.82. The minimum absolute atomic E-state index is 0.171. The number of nitrogens with one attached hydrogen (secondary N) is 1. The average molecular weight is 284 g/mol. The molecule has 2 amide bonds. The molecule has 1 aliphatic carbocycles. The summed E-state index contributed by atoms with van der Waals surface area (Å²) < 4.78 is 0. The molecule has 3 atom stereocenters. The van der Waals surface area contributed by atoms with Gasteiger partial charge in [0.2, 0.25) is 0 Å². The van der Waals surface area contributed by atoms with Crippen molar-refractivity contribution >= 4 is 12.0 Å². The normalized spacial score (nSPS) is 24.2. The maximum atomic E-state index is 12.2. The Kier molecular flexibility index (Phi) is 6.30. The molecule has 0 aromatic rings. The molecule has 0 saturated heterocycles. The van der Waals surface area contributed by atoms with E-state index in [9.17, 15) is 9.59 Å². The lowest BCUT2D eigenvalue weighted by Crippen LogP contribution is -2.52. The summed E-state index contributed by atoms with van der Waals surface area (Å²) in [5.41, 5.74) is 0. The minimum atomic E-state index is -0.950. The molecule has 0 bridgehead atoms. The Morgan fingerprint density at radius 2 is 1.90 bits per heavy atom. The summed E-state index contributed by atoms with van der Waals surface area (Å²) in [6, 6.07) is -0.849. The molecular weight excluding hydrogens is 256 g/mol. The van der Waals surface area contributed by atoms with E-state index in [2.05, 4.69) is 19.2 Å². The molecule has 0 spiro atoms. The number of amides is 2. The second kappa shape index (κ2) is 7.50. The van der Waals surface area contributed by atoms with Crippen molar-refractivity contribution < 1.29 is 14.7 Å². The third kappa shape index (κ3) is 4.12. The van der Waals surface area contributed by atoms with E-state index in [-0.39, 0.29) is 12.1 Å². The molecule has 1 saturated carbocycles. The van der Waals surface area contributed by atoms with Crippen molar-refractivity contribution in [2.75, 3.05) is 7.05 Å². The van der Waals surface area contributed by atoms with Crippen molar-refractivity contribution in [2.45, 2.75) is 65.0 Å². The van der Waals surface area contributed by atoms with E-state index in [0.29, 0.717) is 18.3 Å². The van der Waals surface area contributed by atoms with Gasteiger partial charge in [0.25, 0.3) is 0 Å². The summed E-state index contributed by atoms with van der Waals surface area (Å²) in [5, 5.41) is 12.2. The standard InChI is InChI=1S/C15H28N2O3/c1-5-13(14(18)19)17(4)15(20)16-12-9-7-6-8-11(12)10(2)3/h10-13H,5-9H2,1-4H3,(H,16,20)(H,18,19). The van der Waals surface area contributed by atoms with Crippen LogP contribution in [0.5, 0.6) is 0 Å². The van der Waals surface area contributed by atoms with Gasteiger partial charge in [0.05, 0.1) is 0 Å². The first-order valence-corrected chi connectivity index (χ1v) is 7.64. The van der Waals surface area contributed by atoms with E-state index in [1.54, 1.807) is 14.0 Å². The van der Waals surface area contributed by atoms with Crippen molar-refractivity contribution in [1.29, 1.82) is 0 Å². The first-order valence-electron chi connectivity index (χ1n) is 7.64. The molecular formula is C15H28N2O3. The van der Waals surface area contributed by atoms with Gasteiger partial charge in [-0.05, 0) is 31.1 Å². The van der Waals surface area contributed by atoms with E-state index >= 15 is 0 Å². The highest BCUT2D eigenvalue weighted by Gasteiger charge is 2.31. The molecule has 3 unspecified atom stereocenters. The predicted molar refractivity (Wildman–Crippen MR) is 78.6 cm³/mol. The number of carbonyl (C=O) groups is 2. The molecule has 1 rings (SSSR count). The van der Waals surface area contributed by atoms with Gasteiger partial charge in [-0.15, -0.1) is 0 Å². The number of urea groups is 1. The highest BCUT2D eigenvalue weighted by Crippen LogP contribution is 2.30. The molecule has 116 valence electrons. The first kappa shape index (κ1) is 16.8. The van der Waals surface area contributed by atoms with Crippen molar-refractivity contribution in [2.24, 2.45) is 11.8 Å². The van der Waals surface area contributed by atoms with Gasteiger partial charge in [-0.25, -0.2) is 9.59 Å². The van der Waals surface area contributed by atoms with Crippen LogP contribution in [0.2, 0.25) is 0 Å². The number of rotatable bonds is 5. The fourth-order valence-corrected chi connectivity index (χ4v) is 3.15. The SMILES string of the molecule is CCC(C(=O)O)N(C)C(=O)NC1CCCCC1C(C)C. The molecule has 20 heavy (non-hydrogen) atoms. The van der Waals surface area contributed by atoms with Gasteiger partial charge in [-0.3, -0.25) is 0 Å². The lowest BCUT2D eigenvalue weighted by molar-refractivity contribution is -0.141. The van der Waals surface area contributed by atoms with Crippen molar-refractivity contribution in [3.63, 3.8) is 0 Å². The van der Waals surface area contributed by atoms with Crippen LogP contribution in [0.15, 0.2) is 0 Å². The van der Waals surface area contributed by atoms with Crippen LogP contribution < -0.4 is 5.32 Å². The summed E-state index contributed by atoms with van der Waals surface area (Å²) in [7, 11) is 1.56. The summed E-state index contributed by atoms with van der Waals surface area (Å²) in [6.07, 6.45) is 4.90. The maximum Gasteiger partial charge on any atom is 0.326 e. The van der Waals surface area contributed by atoms with Crippen LogP contribution in [-0.2, 0) is 4.79 Å². The number of carboxylic acid groups (broad SMARTS) is 1. The molecule has 0 aliphatic heterocycles. The number of nitrogens with zero attached hydrogens (tertiary/aromatic N) is 1. The lowest BCUT2D eigenvalue weighted by atomic mass is 9.78. The van der Waals surface area contributed by atoms with Gasteiger partial charge < -0.3 is 15.3 Å². The fourth-order valence-electron chi connectivity index (χ4n) is 3.15. The minimum Gasteiger partial charge on any atom is -0.480 e. The summed E-state index contributed by atoms with van der Waals surface area (Å²) >= 11 is 0. The predicted octanol–water partition coefficient (Wildman–Crippen LogP) is 2.71. The second-order valence-corrected chi connectivity index (χ2v) is 6.12. The Labute approximate surface area is 121 Å². The molecule has 2 N–H and O–H groups in total. The van der Waals surface area contributed by atoms with Gasteiger partial charge in [-0.2, -0.15) is 0 Å². The smallest absolute Gasteiger partial charge is 0.326 e. The van der Waals surface area contributed by atoms with Crippen LogP contribution in [0.1, 0.15) is 52.9 Å². The Hall–Kier alpha value is -1.26. The zero-order valence-electron chi connectivity index (χ0n) is 13.1. The Bertz CT molecular complexity index is 344. The van der Waals surface area contributed by atoms with E-state index in [1.165, 1.54) is 11.3 Å². The van der Waals surface area contributed by atoms with Crippen LogP contribution >= 0.6 is 0 Å². The Balaban J connectivity index is 2.65. The maximum absolute atomic E-state index is 12.2. The van der Waals surface area contributed by atoms with E-state index in [1.807, 2.05) is 0 Å². The van der Waals surface area contributed by atoms with Crippen LogP contribution in [0.4, 0.5) is 4.79 Å². The average Bonchev–Trinajstić information content (AvgIpc) is 2.39. The van der Waals surface area contributed by atoms with Crippen LogP contribution in [-0.4, -0.2) is 41.1 Å². The van der Waals surface area contributed by atoms with E-state index in [0.717, 1.165) is 19.3 Å². The van der Waals surface area contributed by atoms with Gasteiger partial charge in [0, 0.05) is 13.1 Å². The number of hydrogen-bond donors (Lipinski definition) is 2. The van der Waals surface area contributed by atoms with Gasteiger partial charge >= 0.3 is 12.0 Å². The molecule has 5 heteroatoms. The molecule has 1 aliphatic rings. The van der Waals surface area contributed by atoms with Gasteiger partial charge in [0.15, 0.2) is 0 Å². The van der Waals surface area contributed by atoms with Crippen molar-refractivity contribution in [3.05, 3.63) is 0 Å². The number of carbonyl (C=O) groups excluding carboxylic acids is 1. The lowest BCUT2D eigenvalue weighted by Gasteiger charge is -2.36. The summed E-state index contributed by atoms with van der Waals surface area (Å²) in [4.78, 5) is 24.7. The Morgan fingerprint density at radius 3 is 2.40 bits per heavy atom. The van der Waals surface area contributed by atoms with E-state index < -0.39 is 12.0 Å². The molecule has 0 heterocycles. The second-order valence-electron chi connectivity index (χ2n) is 6.12. The molecule has 5 nitrogen and oxygen atoms in total. The number of likely N-dealkylation sites (N-methyl/N-ethyl adjacent to an activating group) is 1. The Morgan fingerprint density at radius 1 is 1.30 bits per heavy atom. The third-order valence-corrected chi connectivity index (χ3v) is 4.44. The van der Waals surface area contributed by atoms with Crippen LogP contribution in [0.25, 0.3) is 0 Å². The monoisotopic (exact) mass is 284 g/mol. The third-order valence-electron chi connectivity index (χ3n) is 4.44. The zero-order chi connectivity index (χ0) is 15.3. The number of aliphatic carboxylic acids is 1. The molecule has 0 aromatic heterocycles. The van der Waals surface area contributed by atoms with Crippen LogP contribution in [0.3, 0.4) is 0 Å². The quantitative estimate of drug-likeness (QED) is 0.815.